The zero-order chi connectivity index (χ0) is 11.3. The van der Waals surface area contributed by atoms with Crippen molar-refractivity contribution in [3.8, 4) is 0 Å². The topological polar surface area (TPSA) is 67.6 Å². The summed E-state index contributed by atoms with van der Waals surface area (Å²) in [5, 5.41) is 16.0. The van der Waals surface area contributed by atoms with E-state index in [2.05, 4.69) is 11.8 Å². The highest BCUT2D eigenvalue weighted by molar-refractivity contribution is 5.91. The number of hydrogen-bond donors (Lipinski definition) is 2. The first-order valence-electron chi connectivity index (χ1n) is 5.38. The Hall–Kier alpha value is -0.940. The van der Waals surface area contributed by atoms with Gasteiger partial charge < -0.3 is 15.4 Å². The molecule has 1 aliphatic rings. The molecule has 1 aliphatic heterocycles. The minimum Gasteiger partial charge on any atom is -0.480 e. The quantitative estimate of drug-likeness (QED) is 0.636. The Labute approximate surface area is 90.2 Å². The van der Waals surface area contributed by atoms with Gasteiger partial charge in [0.05, 0.1) is 0 Å². The molecule has 1 fully saturated rings. The van der Waals surface area contributed by atoms with Crippen LogP contribution in [-0.2, 0) is 4.79 Å². The van der Waals surface area contributed by atoms with E-state index in [1.54, 1.807) is 0 Å². The molecule has 1 atom stereocenters. The van der Waals surface area contributed by atoms with Crippen LogP contribution in [0.5, 0.6) is 0 Å². The molecule has 0 aliphatic carbocycles. The molecule has 0 aromatic rings. The number of carboxylic acid groups (broad SMARTS) is 1. The number of piperazine rings is 1. The van der Waals surface area contributed by atoms with Gasteiger partial charge in [-0.25, -0.2) is 0 Å². The molecule has 0 bridgehead atoms. The lowest BCUT2D eigenvalue weighted by Gasteiger charge is -2.36. The molecular weight excluding hydrogens is 194 g/mol. The van der Waals surface area contributed by atoms with Gasteiger partial charge in [0.2, 0.25) is 0 Å². The van der Waals surface area contributed by atoms with E-state index in [1.807, 2.05) is 4.90 Å². The maximum absolute atomic E-state index is 10.8. The molecule has 1 heterocycles. The van der Waals surface area contributed by atoms with Gasteiger partial charge in [0.25, 0.3) is 0 Å². The van der Waals surface area contributed by atoms with Crippen LogP contribution < -0.4 is 0 Å². The molecule has 0 spiro atoms. The van der Waals surface area contributed by atoms with Gasteiger partial charge in [-0.3, -0.25) is 9.69 Å². The van der Waals surface area contributed by atoms with Crippen LogP contribution in [0.2, 0.25) is 0 Å². The second-order valence-electron chi connectivity index (χ2n) is 3.83. The van der Waals surface area contributed by atoms with Crippen molar-refractivity contribution >= 4 is 12.2 Å². The van der Waals surface area contributed by atoms with Crippen LogP contribution in [0.4, 0.5) is 0 Å². The first-order chi connectivity index (χ1) is 7.19. The monoisotopic (exact) mass is 213 g/mol. The van der Waals surface area contributed by atoms with Crippen molar-refractivity contribution in [1.29, 1.82) is 5.41 Å². The van der Waals surface area contributed by atoms with E-state index in [9.17, 15) is 4.79 Å². The minimum atomic E-state index is -0.922. The summed E-state index contributed by atoms with van der Waals surface area (Å²) in [7, 11) is 0. The molecule has 1 saturated heterocycles. The van der Waals surface area contributed by atoms with Crippen LogP contribution in [0, 0.1) is 5.41 Å². The summed E-state index contributed by atoms with van der Waals surface area (Å²) in [4.78, 5) is 15.0. The second-order valence-corrected chi connectivity index (χ2v) is 3.83. The van der Waals surface area contributed by atoms with Crippen molar-refractivity contribution < 1.29 is 9.90 Å². The molecule has 0 aromatic heterocycles. The van der Waals surface area contributed by atoms with E-state index in [-0.39, 0.29) is 0 Å². The first kappa shape index (κ1) is 12.1. The zero-order valence-electron chi connectivity index (χ0n) is 9.15. The number of aliphatic carboxylic acids is 1. The molecule has 0 radical (unpaired) electrons. The Morgan fingerprint density at radius 3 is 2.47 bits per heavy atom. The molecule has 2 N–H and O–H groups in total. The van der Waals surface area contributed by atoms with Crippen molar-refractivity contribution in [2.24, 2.45) is 0 Å². The van der Waals surface area contributed by atoms with Crippen molar-refractivity contribution in [2.45, 2.75) is 19.4 Å². The Morgan fingerprint density at radius 2 is 2.07 bits per heavy atom. The number of nitrogens with zero attached hydrogens (tertiary/aromatic N) is 2. The van der Waals surface area contributed by atoms with Crippen molar-refractivity contribution in [1.82, 2.24) is 9.80 Å². The standard InChI is InChI=1S/C10H19N3O2/c1-2-3-12-4-6-13(7-5-12)9(8-11)10(14)15/h8-9,11H,2-7H2,1H3,(H,14,15). The third-order valence-corrected chi connectivity index (χ3v) is 2.75. The predicted molar refractivity (Wildman–Crippen MR) is 58.5 cm³/mol. The first-order valence-corrected chi connectivity index (χ1v) is 5.38. The van der Waals surface area contributed by atoms with Crippen molar-refractivity contribution in [2.75, 3.05) is 32.7 Å². The predicted octanol–water partition coefficient (Wildman–Crippen LogP) is 0.117. The van der Waals surface area contributed by atoms with E-state index in [1.165, 1.54) is 0 Å². The highest BCUT2D eigenvalue weighted by Gasteiger charge is 2.26. The average Bonchev–Trinajstić information content (AvgIpc) is 2.21. The normalized spacial score (nSPS) is 21.1. The summed E-state index contributed by atoms with van der Waals surface area (Å²) in [5.41, 5.74) is 0. The fraction of sp³-hybridized carbons (Fsp3) is 0.800. The maximum Gasteiger partial charge on any atom is 0.326 e. The Kier molecular flexibility index (Phi) is 4.71. The highest BCUT2D eigenvalue weighted by Crippen LogP contribution is 2.06. The Balaban J connectivity index is 2.42. The SMILES string of the molecule is CCCN1CCN(C(C=N)C(=O)O)CC1. The van der Waals surface area contributed by atoms with Gasteiger partial charge in [-0.2, -0.15) is 0 Å². The van der Waals surface area contributed by atoms with Crippen molar-refractivity contribution in [3.05, 3.63) is 0 Å². The molecule has 86 valence electrons. The van der Waals surface area contributed by atoms with Gasteiger partial charge in [0.15, 0.2) is 0 Å². The van der Waals surface area contributed by atoms with Gasteiger partial charge in [-0.05, 0) is 13.0 Å². The second kappa shape index (κ2) is 5.82. The Morgan fingerprint density at radius 1 is 1.47 bits per heavy atom. The van der Waals surface area contributed by atoms with E-state index in [0.717, 1.165) is 45.4 Å². The van der Waals surface area contributed by atoms with Crippen LogP contribution in [0.3, 0.4) is 0 Å². The molecule has 1 rings (SSSR count). The van der Waals surface area contributed by atoms with Gasteiger partial charge in [-0.1, -0.05) is 6.92 Å². The minimum absolute atomic E-state index is 0.742. The molecule has 1 unspecified atom stereocenters. The van der Waals surface area contributed by atoms with Gasteiger partial charge >= 0.3 is 5.97 Å². The van der Waals surface area contributed by atoms with Crippen molar-refractivity contribution in [3.63, 3.8) is 0 Å². The van der Waals surface area contributed by atoms with E-state index in [4.69, 9.17) is 10.5 Å². The highest BCUT2D eigenvalue weighted by atomic mass is 16.4. The summed E-state index contributed by atoms with van der Waals surface area (Å²) in [6.07, 6.45) is 2.14. The lowest BCUT2D eigenvalue weighted by atomic mass is 10.2. The molecule has 5 nitrogen and oxygen atoms in total. The van der Waals surface area contributed by atoms with E-state index < -0.39 is 12.0 Å². The van der Waals surface area contributed by atoms with Gasteiger partial charge in [0.1, 0.15) is 6.04 Å². The number of rotatable bonds is 5. The van der Waals surface area contributed by atoms with Gasteiger partial charge in [0, 0.05) is 32.4 Å². The van der Waals surface area contributed by atoms with Crippen LogP contribution >= 0.6 is 0 Å². The third kappa shape index (κ3) is 3.28. The van der Waals surface area contributed by atoms with Crippen LogP contribution in [-0.4, -0.2) is 65.9 Å². The summed E-state index contributed by atoms with van der Waals surface area (Å²) in [5.74, 6) is -0.922. The molecule has 0 amide bonds. The number of nitrogens with one attached hydrogen (secondary N) is 1. The lowest BCUT2D eigenvalue weighted by molar-refractivity contribution is -0.141. The molecule has 5 heteroatoms. The summed E-state index contributed by atoms with van der Waals surface area (Å²) < 4.78 is 0. The maximum atomic E-state index is 10.8. The summed E-state index contributed by atoms with van der Waals surface area (Å²) in [6.45, 7) is 6.52. The summed E-state index contributed by atoms with van der Waals surface area (Å²) >= 11 is 0. The number of carbonyl (C=O) groups is 1. The molecule has 0 saturated carbocycles. The average molecular weight is 213 g/mol. The smallest absolute Gasteiger partial charge is 0.326 e. The number of carboxylic acids is 1. The number of hydrogen-bond acceptors (Lipinski definition) is 4. The van der Waals surface area contributed by atoms with E-state index >= 15 is 0 Å². The summed E-state index contributed by atoms with van der Waals surface area (Å²) in [6, 6.07) is -0.742. The molecule has 15 heavy (non-hydrogen) atoms. The fourth-order valence-electron chi connectivity index (χ4n) is 1.91. The largest absolute Gasteiger partial charge is 0.480 e. The zero-order valence-corrected chi connectivity index (χ0v) is 9.15. The van der Waals surface area contributed by atoms with Gasteiger partial charge in [-0.15, -0.1) is 0 Å². The lowest BCUT2D eigenvalue weighted by Crippen LogP contribution is -2.53. The molecule has 0 aromatic carbocycles. The third-order valence-electron chi connectivity index (χ3n) is 2.75. The molecular formula is C10H19N3O2. The van der Waals surface area contributed by atoms with Crippen LogP contribution in [0.25, 0.3) is 0 Å². The van der Waals surface area contributed by atoms with Crippen LogP contribution in [0.1, 0.15) is 13.3 Å². The van der Waals surface area contributed by atoms with Crippen LogP contribution in [0.15, 0.2) is 0 Å². The Bertz CT molecular complexity index is 225. The van der Waals surface area contributed by atoms with E-state index in [0.29, 0.717) is 0 Å². The fourth-order valence-corrected chi connectivity index (χ4v) is 1.91.